The number of likely N-dealkylation sites (tertiary alicyclic amines) is 1. The minimum Gasteiger partial charge on any atom is -0.496 e. The Balaban J connectivity index is 1.37. The van der Waals surface area contributed by atoms with Crippen LogP contribution in [0.25, 0.3) is 0 Å². The summed E-state index contributed by atoms with van der Waals surface area (Å²) in [4.78, 5) is 15.6. The Morgan fingerprint density at radius 1 is 1.15 bits per heavy atom. The second kappa shape index (κ2) is 9.21. The number of carbonyl (C=O) groups excluding carboxylic acids is 1. The van der Waals surface area contributed by atoms with Crippen molar-refractivity contribution < 1.29 is 23.4 Å². The van der Waals surface area contributed by atoms with E-state index in [9.17, 15) is 9.18 Å². The summed E-state index contributed by atoms with van der Waals surface area (Å²) in [5, 5.41) is 6.22. The predicted octanol–water partition coefficient (Wildman–Crippen LogP) is 3.35. The molecule has 0 saturated carbocycles. The fourth-order valence-electron chi connectivity index (χ4n) is 4.87. The number of rotatable bonds is 5. The van der Waals surface area contributed by atoms with Gasteiger partial charge >= 0.3 is 0 Å². The van der Waals surface area contributed by atoms with Crippen molar-refractivity contribution in [3.8, 4) is 5.75 Å². The average molecular weight is 454 g/mol. The van der Waals surface area contributed by atoms with Gasteiger partial charge in [-0.1, -0.05) is 30.3 Å². The van der Waals surface area contributed by atoms with Crippen molar-refractivity contribution in [3.05, 3.63) is 65.5 Å². The maximum atomic E-state index is 13.9. The number of carbonyl (C=O) groups is 1. The molecule has 3 aliphatic rings. The van der Waals surface area contributed by atoms with Crippen molar-refractivity contribution in [3.63, 3.8) is 0 Å². The average Bonchev–Trinajstić information content (AvgIpc) is 3.48. The lowest BCUT2D eigenvalue weighted by atomic mass is 9.97. The molecule has 2 aromatic rings. The highest BCUT2D eigenvalue weighted by Crippen LogP contribution is 2.38. The number of nitrogens with zero attached hydrogens (tertiary/aromatic N) is 3. The zero-order valence-electron chi connectivity index (χ0n) is 18.7. The molecule has 8 heteroatoms. The fourth-order valence-corrected chi connectivity index (χ4v) is 4.87. The number of hydrogen-bond donors (Lipinski definition) is 0. The normalized spacial score (nSPS) is 22.5. The third-order valence-electron chi connectivity index (χ3n) is 6.61. The van der Waals surface area contributed by atoms with Gasteiger partial charge in [-0.15, -0.1) is 0 Å². The third kappa shape index (κ3) is 4.51. The van der Waals surface area contributed by atoms with E-state index in [4.69, 9.17) is 14.2 Å². The first kappa shape index (κ1) is 22.0. The lowest BCUT2D eigenvalue weighted by Crippen LogP contribution is -2.48. The van der Waals surface area contributed by atoms with Crippen LogP contribution in [-0.4, -0.2) is 67.3 Å². The Bertz CT molecular complexity index is 1040. The minimum atomic E-state index is -0.476. The summed E-state index contributed by atoms with van der Waals surface area (Å²) in [6.07, 6.45) is 1.97. The van der Waals surface area contributed by atoms with Crippen LogP contribution >= 0.6 is 0 Å². The van der Waals surface area contributed by atoms with Gasteiger partial charge in [0, 0.05) is 43.5 Å². The number of methoxy groups -OCH3 is 1. The molecular weight excluding hydrogens is 425 g/mol. The minimum absolute atomic E-state index is 0.0958. The SMILES string of the molecule is COc1ccccc1C1CC(c2cccc(F)c2)=NN1C(=O)CN1CCC2(CC1)OCCO2. The topological polar surface area (TPSA) is 63.6 Å². The number of hydrazone groups is 1. The molecule has 0 bridgehead atoms. The maximum absolute atomic E-state index is 13.9. The van der Waals surface area contributed by atoms with Gasteiger partial charge in [0.05, 0.1) is 38.6 Å². The summed E-state index contributed by atoms with van der Waals surface area (Å²) in [6, 6.07) is 13.7. The monoisotopic (exact) mass is 453 g/mol. The zero-order valence-corrected chi connectivity index (χ0v) is 18.7. The molecule has 0 aliphatic carbocycles. The van der Waals surface area contributed by atoms with Gasteiger partial charge in [0.2, 0.25) is 0 Å². The molecule has 3 aliphatic heterocycles. The molecule has 2 saturated heterocycles. The predicted molar refractivity (Wildman–Crippen MR) is 120 cm³/mol. The van der Waals surface area contributed by atoms with E-state index in [1.165, 1.54) is 12.1 Å². The molecular formula is C25H28FN3O4. The Labute approximate surface area is 192 Å². The zero-order chi connectivity index (χ0) is 22.8. The number of para-hydroxylation sites is 1. The molecule has 7 nitrogen and oxygen atoms in total. The van der Waals surface area contributed by atoms with E-state index in [1.54, 1.807) is 18.2 Å². The summed E-state index contributed by atoms with van der Waals surface area (Å²) in [5.41, 5.74) is 2.25. The third-order valence-corrected chi connectivity index (χ3v) is 6.61. The van der Waals surface area contributed by atoms with Crippen LogP contribution in [-0.2, 0) is 14.3 Å². The van der Waals surface area contributed by atoms with Gasteiger partial charge in [-0.25, -0.2) is 9.40 Å². The van der Waals surface area contributed by atoms with Crippen molar-refractivity contribution in [2.75, 3.05) is 40.0 Å². The van der Waals surface area contributed by atoms with Gasteiger partial charge in [0.15, 0.2) is 5.79 Å². The lowest BCUT2D eigenvalue weighted by Gasteiger charge is -2.37. The van der Waals surface area contributed by atoms with Gasteiger partial charge < -0.3 is 14.2 Å². The molecule has 5 rings (SSSR count). The Morgan fingerprint density at radius 3 is 2.64 bits per heavy atom. The van der Waals surface area contributed by atoms with Crippen molar-refractivity contribution in [1.82, 2.24) is 9.91 Å². The molecule has 1 unspecified atom stereocenters. The fraction of sp³-hybridized carbons (Fsp3) is 0.440. The Hall–Kier alpha value is -2.81. The van der Waals surface area contributed by atoms with Crippen LogP contribution in [0.3, 0.4) is 0 Å². The highest BCUT2D eigenvalue weighted by molar-refractivity contribution is 6.03. The summed E-state index contributed by atoms with van der Waals surface area (Å²) in [5.74, 6) is -0.198. The maximum Gasteiger partial charge on any atom is 0.257 e. The highest BCUT2D eigenvalue weighted by Gasteiger charge is 2.41. The van der Waals surface area contributed by atoms with Crippen molar-refractivity contribution in [2.45, 2.75) is 31.1 Å². The molecule has 174 valence electrons. The standard InChI is InChI=1S/C25H28FN3O4/c1-31-23-8-3-2-7-20(23)22-16-21(18-5-4-6-19(26)15-18)27-29(22)24(30)17-28-11-9-25(10-12-28)32-13-14-33-25/h2-8,15,22H,9-14,16-17H2,1H3. The molecule has 1 atom stereocenters. The number of piperidine rings is 1. The summed E-state index contributed by atoms with van der Waals surface area (Å²) < 4.78 is 31.0. The molecule has 1 spiro atoms. The molecule has 0 radical (unpaired) electrons. The number of hydrogen-bond acceptors (Lipinski definition) is 6. The quantitative estimate of drug-likeness (QED) is 0.695. The number of benzene rings is 2. The highest BCUT2D eigenvalue weighted by atomic mass is 19.1. The smallest absolute Gasteiger partial charge is 0.257 e. The van der Waals surface area contributed by atoms with Crippen molar-refractivity contribution >= 4 is 11.6 Å². The molecule has 0 N–H and O–H groups in total. The van der Waals surface area contributed by atoms with Crippen molar-refractivity contribution in [2.24, 2.45) is 5.10 Å². The van der Waals surface area contributed by atoms with Crippen LogP contribution < -0.4 is 4.74 Å². The van der Waals surface area contributed by atoms with E-state index < -0.39 is 5.79 Å². The van der Waals surface area contributed by atoms with Crippen LogP contribution in [0.4, 0.5) is 4.39 Å². The van der Waals surface area contributed by atoms with E-state index in [2.05, 4.69) is 10.0 Å². The van der Waals surface area contributed by atoms with Gasteiger partial charge in [0.25, 0.3) is 5.91 Å². The van der Waals surface area contributed by atoms with Crippen LogP contribution in [0.1, 0.15) is 36.4 Å². The first-order chi connectivity index (χ1) is 16.1. The van der Waals surface area contributed by atoms with Crippen LogP contribution in [0.15, 0.2) is 53.6 Å². The van der Waals surface area contributed by atoms with Crippen LogP contribution in [0.2, 0.25) is 0 Å². The van der Waals surface area contributed by atoms with E-state index in [0.717, 1.165) is 31.5 Å². The van der Waals surface area contributed by atoms with Gasteiger partial charge in [-0.3, -0.25) is 9.69 Å². The molecule has 1 amide bonds. The summed E-state index contributed by atoms with van der Waals surface area (Å²) in [7, 11) is 1.62. The molecule has 2 aromatic carbocycles. The number of ether oxygens (including phenoxy) is 3. The van der Waals surface area contributed by atoms with E-state index in [1.807, 2.05) is 30.3 Å². The van der Waals surface area contributed by atoms with E-state index in [-0.39, 0.29) is 24.3 Å². The Kier molecular flexibility index (Phi) is 6.14. The van der Waals surface area contributed by atoms with Crippen molar-refractivity contribution in [1.29, 1.82) is 0 Å². The molecule has 3 heterocycles. The van der Waals surface area contributed by atoms with Crippen LogP contribution in [0, 0.1) is 5.82 Å². The Morgan fingerprint density at radius 2 is 1.91 bits per heavy atom. The van der Waals surface area contributed by atoms with Crippen LogP contribution in [0.5, 0.6) is 5.75 Å². The first-order valence-electron chi connectivity index (χ1n) is 11.4. The second-order valence-corrected chi connectivity index (χ2v) is 8.64. The second-order valence-electron chi connectivity index (χ2n) is 8.64. The van der Waals surface area contributed by atoms with Gasteiger partial charge in [-0.05, 0) is 18.2 Å². The lowest BCUT2D eigenvalue weighted by molar-refractivity contribution is -0.186. The van der Waals surface area contributed by atoms with E-state index in [0.29, 0.717) is 36.7 Å². The van der Waals surface area contributed by atoms with Gasteiger partial charge in [-0.2, -0.15) is 5.10 Å². The summed E-state index contributed by atoms with van der Waals surface area (Å²) in [6.45, 7) is 2.95. The molecule has 33 heavy (non-hydrogen) atoms. The molecule has 0 aromatic heterocycles. The largest absolute Gasteiger partial charge is 0.496 e. The summed E-state index contributed by atoms with van der Waals surface area (Å²) >= 11 is 0. The van der Waals surface area contributed by atoms with Gasteiger partial charge in [0.1, 0.15) is 11.6 Å². The number of amides is 1. The molecule has 2 fully saturated rings. The van der Waals surface area contributed by atoms with E-state index >= 15 is 0 Å². The first-order valence-corrected chi connectivity index (χ1v) is 11.4. The number of halogens is 1.